The van der Waals surface area contributed by atoms with E-state index in [4.69, 9.17) is 4.74 Å². The van der Waals surface area contributed by atoms with Gasteiger partial charge in [-0.3, -0.25) is 0 Å². The number of hydrogen-bond donors (Lipinski definition) is 1. The van der Waals surface area contributed by atoms with Gasteiger partial charge in [-0.15, -0.1) is 0 Å². The number of likely N-dealkylation sites (N-methyl/N-ethyl adjacent to an activating group) is 1. The maximum atomic E-state index is 5.64. The van der Waals surface area contributed by atoms with Crippen LogP contribution in [0.3, 0.4) is 0 Å². The third kappa shape index (κ3) is 3.91. The molecule has 0 aromatic carbocycles. The normalized spacial score (nSPS) is 32.8. The van der Waals surface area contributed by atoms with Crippen LogP contribution >= 0.6 is 0 Å². The van der Waals surface area contributed by atoms with Crippen LogP contribution in [0.1, 0.15) is 13.3 Å². The van der Waals surface area contributed by atoms with Crippen molar-refractivity contribution in [3.63, 3.8) is 0 Å². The zero-order valence-corrected chi connectivity index (χ0v) is 11.3. The van der Waals surface area contributed by atoms with E-state index in [2.05, 4.69) is 29.1 Å². The summed E-state index contributed by atoms with van der Waals surface area (Å²) in [6, 6.07) is 0.661. The van der Waals surface area contributed by atoms with Crippen LogP contribution < -0.4 is 5.32 Å². The van der Waals surface area contributed by atoms with Crippen LogP contribution in [-0.4, -0.2) is 75.4 Å². The molecule has 1 N–H and O–H groups in total. The van der Waals surface area contributed by atoms with Gasteiger partial charge in [0.05, 0.1) is 6.61 Å². The molecule has 0 amide bonds. The number of nitrogens with zero attached hydrogens (tertiary/aromatic N) is 2. The molecule has 2 heterocycles. The first kappa shape index (κ1) is 13.3. The molecular formula is C13H27N3O. The highest BCUT2D eigenvalue weighted by molar-refractivity contribution is 4.83. The third-order valence-electron chi connectivity index (χ3n) is 4.03. The van der Waals surface area contributed by atoms with Gasteiger partial charge in [0.1, 0.15) is 0 Å². The summed E-state index contributed by atoms with van der Waals surface area (Å²) in [7, 11) is 2.21. The van der Waals surface area contributed by atoms with Crippen LogP contribution in [0.4, 0.5) is 0 Å². The van der Waals surface area contributed by atoms with Gasteiger partial charge in [0, 0.05) is 51.3 Å². The van der Waals surface area contributed by atoms with Gasteiger partial charge in [-0.25, -0.2) is 0 Å². The maximum Gasteiger partial charge on any atom is 0.0521 e. The summed E-state index contributed by atoms with van der Waals surface area (Å²) in [5, 5.41) is 3.62. The Balaban J connectivity index is 1.79. The molecule has 0 radical (unpaired) electrons. The fourth-order valence-electron chi connectivity index (χ4n) is 2.87. The maximum absolute atomic E-state index is 5.64. The smallest absolute Gasteiger partial charge is 0.0521 e. The van der Waals surface area contributed by atoms with Crippen LogP contribution in [0.2, 0.25) is 0 Å². The predicted octanol–water partition coefficient (Wildman–Crippen LogP) is 0.248. The molecule has 2 atom stereocenters. The first-order valence-corrected chi connectivity index (χ1v) is 7.01. The van der Waals surface area contributed by atoms with Crippen LogP contribution in [0.5, 0.6) is 0 Å². The van der Waals surface area contributed by atoms with Crippen molar-refractivity contribution >= 4 is 0 Å². The molecule has 0 aromatic rings. The van der Waals surface area contributed by atoms with Crippen LogP contribution in [0, 0.1) is 5.92 Å². The summed E-state index contributed by atoms with van der Waals surface area (Å²) < 4.78 is 5.64. The molecule has 0 spiro atoms. The van der Waals surface area contributed by atoms with Crippen molar-refractivity contribution in [2.45, 2.75) is 19.4 Å². The van der Waals surface area contributed by atoms with Crippen molar-refractivity contribution in [3.8, 4) is 0 Å². The second-order valence-corrected chi connectivity index (χ2v) is 5.39. The number of piperazine rings is 1. The van der Waals surface area contributed by atoms with Crippen molar-refractivity contribution in [2.75, 3.05) is 59.5 Å². The predicted molar refractivity (Wildman–Crippen MR) is 70.3 cm³/mol. The van der Waals surface area contributed by atoms with E-state index in [0.29, 0.717) is 12.0 Å². The Morgan fingerprint density at radius 1 is 1.24 bits per heavy atom. The SMILES string of the molecule is CCNC1CCOCC1CN1CCN(C)CC1. The van der Waals surface area contributed by atoms with Gasteiger partial charge in [0.2, 0.25) is 0 Å². The zero-order valence-electron chi connectivity index (χ0n) is 11.3. The van der Waals surface area contributed by atoms with Crippen molar-refractivity contribution in [3.05, 3.63) is 0 Å². The van der Waals surface area contributed by atoms with Gasteiger partial charge in [-0.1, -0.05) is 6.92 Å². The minimum Gasteiger partial charge on any atom is -0.381 e. The van der Waals surface area contributed by atoms with E-state index in [-0.39, 0.29) is 0 Å². The third-order valence-corrected chi connectivity index (χ3v) is 4.03. The second-order valence-electron chi connectivity index (χ2n) is 5.39. The molecule has 2 saturated heterocycles. The molecule has 0 saturated carbocycles. The van der Waals surface area contributed by atoms with Crippen LogP contribution in [0.15, 0.2) is 0 Å². The van der Waals surface area contributed by atoms with Gasteiger partial charge in [0.15, 0.2) is 0 Å². The molecule has 2 aliphatic rings. The Labute approximate surface area is 105 Å². The monoisotopic (exact) mass is 241 g/mol. The van der Waals surface area contributed by atoms with Gasteiger partial charge < -0.3 is 19.9 Å². The molecule has 4 nitrogen and oxygen atoms in total. The summed E-state index contributed by atoms with van der Waals surface area (Å²) in [4.78, 5) is 5.01. The Bertz CT molecular complexity index is 215. The van der Waals surface area contributed by atoms with Gasteiger partial charge in [-0.2, -0.15) is 0 Å². The van der Waals surface area contributed by atoms with E-state index in [1.807, 2.05) is 0 Å². The fraction of sp³-hybridized carbons (Fsp3) is 1.00. The van der Waals surface area contributed by atoms with E-state index in [1.54, 1.807) is 0 Å². The lowest BCUT2D eigenvalue weighted by molar-refractivity contribution is 0.0107. The first-order chi connectivity index (χ1) is 8.29. The average Bonchev–Trinajstić information content (AvgIpc) is 2.35. The van der Waals surface area contributed by atoms with E-state index >= 15 is 0 Å². The summed E-state index contributed by atoms with van der Waals surface area (Å²) >= 11 is 0. The molecule has 0 bridgehead atoms. The lowest BCUT2D eigenvalue weighted by Crippen LogP contribution is -2.51. The number of rotatable bonds is 4. The highest BCUT2D eigenvalue weighted by atomic mass is 16.5. The zero-order chi connectivity index (χ0) is 12.1. The van der Waals surface area contributed by atoms with Crippen molar-refractivity contribution in [2.24, 2.45) is 5.92 Å². The molecule has 17 heavy (non-hydrogen) atoms. The standard InChI is InChI=1S/C13H27N3O/c1-3-14-13-4-9-17-11-12(13)10-16-7-5-15(2)6-8-16/h12-14H,3-11H2,1-2H3. The first-order valence-electron chi connectivity index (χ1n) is 7.01. The molecule has 2 rings (SSSR count). The summed E-state index contributed by atoms with van der Waals surface area (Å²) in [6.45, 7) is 11.2. The van der Waals surface area contributed by atoms with Gasteiger partial charge in [-0.05, 0) is 20.0 Å². The van der Waals surface area contributed by atoms with Crippen molar-refractivity contribution in [1.82, 2.24) is 15.1 Å². The highest BCUT2D eigenvalue weighted by Gasteiger charge is 2.27. The Kier molecular flexibility index (Phi) is 5.22. The number of ether oxygens (including phenoxy) is 1. The fourth-order valence-corrected chi connectivity index (χ4v) is 2.87. The molecule has 0 aliphatic carbocycles. The van der Waals surface area contributed by atoms with E-state index in [9.17, 15) is 0 Å². The average molecular weight is 241 g/mol. The van der Waals surface area contributed by atoms with Gasteiger partial charge in [0.25, 0.3) is 0 Å². The highest BCUT2D eigenvalue weighted by Crippen LogP contribution is 2.17. The summed E-state index contributed by atoms with van der Waals surface area (Å²) in [6.07, 6.45) is 1.17. The number of nitrogens with one attached hydrogen (secondary N) is 1. The Hall–Kier alpha value is -0.160. The minimum absolute atomic E-state index is 0.661. The van der Waals surface area contributed by atoms with Gasteiger partial charge >= 0.3 is 0 Å². The van der Waals surface area contributed by atoms with E-state index in [1.165, 1.54) is 39.1 Å². The van der Waals surface area contributed by atoms with Crippen molar-refractivity contribution in [1.29, 1.82) is 0 Å². The Morgan fingerprint density at radius 2 is 2.00 bits per heavy atom. The molecule has 4 heteroatoms. The number of hydrogen-bond acceptors (Lipinski definition) is 4. The molecule has 0 aromatic heterocycles. The van der Waals surface area contributed by atoms with Crippen LogP contribution in [-0.2, 0) is 4.74 Å². The molecule has 2 unspecified atom stereocenters. The lowest BCUT2D eigenvalue weighted by atomic mass is 9.95. The lowest BCUT2D eigenvalue weighted by Gasteiger charge is -2.38. The molecule has 100 valence electrons. The Morgan fingerprint density at radius 3 is 2.71 bits per heavy atom. The summed E-state index contributed by atoms with van der Waals surface area (Å²) in [5.74, 6) is 0.673. The molecular weight excluding hydrogens is 214 g/mol. The van der Waals surface area contributed by atoms with E-state index in [0.717, 1.165) is 19.8 Å². The topological polar surface area (TPSA) is 27.7 Å². The summed E-state index contributed by atoms with van der Waals surface area (Å²) in [5.41, 5.74) is 0. The van der Waals surface area contributed by atoms with Crippen LogP contribution in [0.25, 0.3) is 0 Å². The molecule has 2 fully saturated rings. The second kappa shape index (κ2) is 6.69. The minimum atomic E-state index is 0.661. The van der Waals surface area contributed by atoms with Crippen molar-refractivity contribution < 1.29 is 4.74 Å². The quantitative estimate of drug-likeness (QED) is 0.763. The molecule has 2 aliphatic heterocycles. The van der Waals surface area contributed by atoms with E-state index < -0.39 is 0 Å². The largest absolute Gasteiger partial charge is 0.381 e.